The average Bonchev–Trinajstić information content (AvgIpc) is 2.67. The number of anilines is 1. The van der Waals surface area contributed by atoms with Crippen LogP contribution in [-0.2, 0) is 17.8 Å². The van der Waals surface area contributed by atoms with Gasteiger partial charge in [0.05, 0.1) is 30.3 Å². The first-order valence-electron chi connectivity index (χ1n) is 8.54. The fourth-order valence-corrected chi connectivity index (χ4v) is 3.29. The minimum atomic E-state index is -0.494. The van der Waals surface area contributed by atoms with Crippen LogP contribution in [0.2, 0.25) is 0 Å². The van der Waals surface area contributed by atoms with Crippen molar-refractivity contribution in [3.8, 4) is 5.75 Å². The molecular weight excluding hydrogens is 334 g/mol. The Morgan fingerprint density at radius 1 is 1.27 bits per heavy atom. The summed E-state index contributed by atoms with van der Waals surface area (Å²) in [4.78, 5) is 24.3. The summed E-state index contributed by atoms with van der Waals surface area (Å²) in [5.41, 5.74) is 2.99. The maximum atomic E-state index is 12.7. The summed E-state index contributed by atoms with van der Waals surface area (Å²) in [5, 5.41) is 13.7. The van der Waals surface area contributed by atoms with Crippen LogP contribution in [-0.4, -0.2) is 30.5 Å². The van der Waals surface area contributed by atoms with Crippen LogP contribution in [0.15, 0.2) is 42.5 Å². The van der Waals surface area contributed by atoms with E-state index in [2.05, 4.69) is 17.4 Å². The maximum Gasteiger partial charge on any atom is 0.282 e. The number of non-ortho nitro benzene ring substituents is 1. The minimum absolute atomic E-state index is 0.0776. The monoisotopic (exact) mass is 356 g/mol. The number of ether oxygens (including phenoxy) is 1. The van der Waals surface area contributed by atoms with Crippen molar-refractivity contribution in [3.05, 3.63) is 63.7 Å². The third-order valence-corrected chi connectivity index (χ3v) is 4.91. The van der Waals surface area contributed by atoms with Crippen LogP contribution in [0.5, 0.6) is 5.75 Å². The number of nitrogens with zero attached hydrogens (tertiary/aromatic N) is 1. The quantitative estimate of drug-likeness (QED) is 0.629. The van der Waals surface area contributed by atoms with Crippen LogP contribution in [0, 0.1) is 10.1 Å². The Kier molecular flexibility index (Phi) is 5.18. The van der Waals surface area contributed by atoms with Gasteiger partial charge < -0.3 is 15.0 Å². The van der Waals surface area contributed by atoms with E-state index in [4.69, 9.17) is 4.74 Å². The lowest BCUT2D eigenvalue weighted by Gasteiger charge is -2.30. The third kappa shape index (κ3) is 3.67. The van der Waals surface area contributed by atoms with Gasteiger partial charge in [0.2, 0.25) is 0 Å². The molecule has 7 heteroatoms. The highest BCUT2D eigenvalue weighted by Crippen LogP contribution is 2.29. The first kappa shape index (κ1) is 17.9. The molecule has 136 valence electrons. The number of fused-ring (bicyclic) bond motifs is 1. The summed E-state index contributed by atoms with van der Waals surface area (Å²) in [6.45, 7) is 3.60. The standard InChI is InChI=1S/C19H21N3O4/c1-13(21-10-9-14-5-3-4-6-15(14)12-21)19(23)20-17-8-7-16(22(24)25)11-18(17)26-2/h3-8,11,13H,9-10,12H2,1-2H3,(H,20,23)/p+1/t13-/m1/s1. The molecule has 1 unspecified atom stereocenters. The van der Waals surface area contributed by atoms with Gasteiger partial charge in [0, 0.05) is 18.1 Å². The highest BCUT2D eigenvalue weighted by molar-refractivity contribution is 5.95. The Morgan fingerprint density at radius 3 is 2.69 bits per heavy atom. The van der Waals surface area contributed by atoms with Crippen LogP contribution in [0.1, 0.15) is 18.1 Å². The highest BCUT2D eigenvalue weighted by atomic mass is 16.6. The van der Waals surface area contributed by atoms with Crippen molar-refractivity contribution in [2.45, 2.75) is 25.9 Å². The lowest BCUT2D eigenvalue weighted by molar-refractivity contribution is -0.929. The zero-order chi connectivity index (χ0) is 18.7. The van der Waals surface area contributed by atoms with Gasteiger partial charge in [-0.15, -0.1) is 0 Å². The smallest absolute Gasteiger partial charge is 0.282 e. The van der Waals surface area contributed by atoms with E-state index in [-0.39, 0.29) is 23.4 Å². The van der Waals surface area contributed by atoms with E-state index < -0.39 is 4.92 Å². The summed E-state index contributed by atoms with van der Waals surface area (Å²) in [7, 11) is 1.42. The third-order valence-electron chi connectivity index (χ3n) is 4.91. The fraction of sp³-hybridized carbons (Fsp3) is 0.316. The number of methoxy groups -OCH3 is 1. The van der Waals surface area contributed by atoms with E-state index in [0.717, 1.165) is 19.5 Å². The molecule has 3 rings (SSSR count). The molecule has 0 saturated heterocycles. The van der Waals surface area contributed by atoms with Gasteiger partial charge in [0.25, 0.3) is 11.6 Å². The molecule has 1 aliphatic heterocycles. The second kappa shape index (κ2) is 7.53. The van der Waals surface area contributed by atoms with Gasteiger partial charge in [0.15, 0.2) is 6.04 Å². The molecule has 1 amide bonds. The zero-order valence-electron chi connectivity index (χ0n) is 14.8. The van der Waals surface area contributed by atoms with E-state index >= 15 is 0 Å². The summed E-state index contributed by atoms with van der Waals surface area (Å²) in [5.74, 6) is 0.144. The average molecular weight is 356 g/mol. The van der Waals surface area contributed by atoms with Crippen molar-refractivity contribution in [2.24, 2.45) is 0 Å². The molecule has 0 saturated carbocycles. The molecule has 2 aromatic rings. The van der Waals surface area contributed by atoms with Gasteiger partial charge in [-0.25, -0.2) is 0 Å². The number of nitrogens with one attached hydrogen (secondary N) is 2. The molecule has 0 fully saturated rings. The van der Waals surface area contributed by atoms with E-state index in [0.29, 0.717) is 5.69 Å². The fourth-order valence-electron chi connectivity index (χ4n) is 3.29. The van der Waals surface area contributed by atoms with E-state index in [1.165, 1.54) is 41.3 Å². The van der Waals surface area contributed by atoms with Crippen molar-refractivity contribution in [3.63, 3.8) is 0 Å². The second-order valence-corrected chi connectivity index (χ2v) is 6.46. The lowest BCUT2D eigenvalue weighted by Crippen LogP contribution is -3.16. The van der Waals surface area contributed by atoms with E-state index in [9.17, 15) is 14.9 Å². The van der Waals surface area contributed by atoms with Crippen molar-refractivity contribution < 1.29 is 19.4 Å². The van der Waals surface area contributed by atoms with Crippen molar-refractivity contribution in [2.75, 3.05) is 19.0 Å². The first-order valence-corrected chi connectivity index (χ1v) is 8.54. The van der Waals surface area contributed by atoms with Crippen LogP contribution >= 0.6 is 0 Å². The largest absolute Gasteiger partial charge is 0.494 e. The highest BCUT2D eigenvalue weighted by Gasteiger charge is 2.29. The molecule has 7 nitrogen and oxygen atoms in total. The van der Waals surface area contributed by atoms with Crippen LogP contribution in [0.25, 0.3) is 0 Å². The van der Waals surface area contributed by atoms with E-state index in [1.807, 2.05) is 19.1 Å². The number of carbonyl (C=O) groups excluding carboxylic acids is 1. The molecule has 1 aliphatic rings. The Labute approximate surface area is 151 Å². The Morgan fingerprint density at radius 2 is 2.00 bits per heavy atom. The van der Waals surface area contributed by atoms with Gasteiger partial charge in [-0.2, -0.15) is 0 Å². The summed E-state index contributed by atoms with van der Waals surface area (Å²) < 4.78 is 5.18. The predicted molar refractivity (Wildman–Crippen MR) is 97.4 cm³/mol. The SMILES string of the molecule is COc1cc([N+](=O)[O-])ccc1NC(=O)[C@@H](C)[NH+]1CCc2ccccc2C1. The molecule has 2 N–H and O–H groups in total. The molecule has 0 aromatic heterocycles. The van der Waals surface area contributed by atoms with E-state index in [1.54, 1.807) is 0 Å². The van der Waals surface area contributed by atoms with Gasteiger partial charge >= 0.3 is 0 Å². The number of carbonyl (C=O) groups is 1. The number of rotatable bonds is 5. The second-order valence-electron chi connectivity index (χ2n) is 6.46. The maximum absolute atomic E-state index is 12.7. The topological polar surface area (TPSA) is 85.9 Å². The lowest BCUT2D eigenvalue weighted by atomic mass is 9.99. The molecule has 0 aliphatic carbocycles. The van der Waals surface area contributed by atoms with Gasteiger partial charge in [-0.1, -0.05) is 24.3 Å². The van der Waals surface area contributed by atoms with Gasteiger partial charge in [-0.05, 0) is 18.6 Å². The Balaban J connectivity index is 1.71. The molecule has 0 radical (unpaired) electrons. The molecule has 26 heavy (non-hydrogen) atoms. The predicted octanol–water partition coefficient (Wildman–Crippen LogP) is 1.57. The number of nitro groups is 1. The van der Waals surface area contributed by atoms with Gasteiger partial charge in [-0.3, -0.25) is 14.9 Å². The number of hydrogen-bond acceptors (Lipinski definition) is 4. The molecule has 2 atom stereocenters. The summed E-state index contributed by atoms with van der Waals surface area (Å²) >= 11 is 0. The van der Waals surface area contributed by atoms with Crippen LogP contribution in [0.4, 0.5) is 11.4 Å². The molecule has 0 spiro atoms. The first-order chi connectivity index (χ1) is 12.5. The van der Waals surface area contributed by atoms with Gasteiger partial charge in [0.1, 0.15) is 12.3 Å². The number of amides is 1. The molecule has 0 bridgehead atoms. The number of nitro benzene ring substituents is 1. The number of quaternary nitrogens is 1. The number of benzene rings is 2. The normalized spacial score (nSPS) is 17.1. The van der Waals surface area contributed by atoms with Crippen LogP contribution in [0.3, 0.4) is 0 Å². The Hall–Kier alpha value is -2.93. The molecule has 2 aromatic carbocycles. The molecular formula is C19H22N3O4+. The summed E-state index contributed by atoms with van der Waals surface area (Å²) in [6, 6.07) is 12.2. The van der Waals surface area contributed by atoms with Crippen molar-refractivity contribution >= 4 is 17.3 Å². The van der Waals surface area contributed by atoms with Crippen molar-refractivity contribution in [1.29, 1.82) is 0 Å². The minimum Gasteiger partial charge on any atom is -0.494 e. The zero-order valence-corrected chi connectivity index (χ0v) is 14.8. The van der Waals surface area contributed by atoms with Crippen LogP contribution < -0.4 is 15.0 Å². The summed E-state index contributed by atoms with van der Waals surface area (Å²) in [6.07, 6.45) is 0.948. The number of hydrogen-bond donors (Lipinski definition) is 2. The Bertz CT molecular complexity index is 837. The van der Waals surface area contributed by atoms with Crippen molar-refractivity contribution in [1.82, 2.24) is 0 Å². The molecule has 1 heterocycles.